The molecular formula is C9H12N2O2. The largest absolute Gasteiger partial charge is 0.438 e. The molecule has 70 valence electrons. The predicted molar refractivity (Wildman–Crippen MR) is 46.6 cm³/mol. The number of oxazole rings is 1. The van der Waals surface area contributed by atoms with Crippen molar-refractivity contribution in [2.45, 2.75) is 25.3 Å². The van der Waals surface area contributed by atoms with Gasteiger partial charge in [0.15, 0.2) is 17.9 Å². The van der Waals surface area contributed by atoms with Gasteiger partial charge in [-0.1, -0.05) is 0 Å². The van der Waals surface area contributed by atoms with Gasteiger partial charge in [-0.15, -0.1) is 0 Å². The third kappa shape index (κ3) is 1.95. The molecule has 4 heteroatoms. The van der Waals surface area contributed by atoms with E-state index in [4.69, 9.17) is 4.42 Å². The molecule has 0 spiro atoms. The van der Waals surface area contributed by atoms with Crippen molar-refractivity contribution in [2.24, 2.45) is 0 Å². The van der Waals surface area contributed by atoms with E-state index in [1.54, 1.807) is 0 Å². The van der Waals surface area contributed by atoms with Gasteiger partial charge in [-0.3, -0.25) is 4.79 Å². The number of rotatable bonds is 3. The molecule has 1 aliphatic heterocycles. The highest BCUT2D eigenvalue weighted by Crippen LogP contribution is 2.11. The molecule has 0 amide bonds. The number of hydrogen-bond donors (Lipinski definition) is 1. The van der Waals surface area contributed by atoms with Gasteiger partial charge in [-0.05, 0) is 19.4 Å². The Bertz CT molecular complexity index is 290. The van der Waals surface area contributed by atoms with E-state index in [-0.39, 0.29) is 0 Å². The molecule has 0 radical (unpaired) electrons. The SMILES string of the molecule is O=Cc1cnc(CC2CCCN2)o1. The van der Waals surface area contributed by atoms with Crippen LogP contribution in [-0.2, 0) is 6.42 Å². The third-order valence-corrected chi connectivity index (χ3v) is 2.27. The second kappa shape index (κ2) is 3.70. The molecule has 4 nitrogen and oxygen atoms in total. The summed E-state index contributed by atoms with van der Waals surface area (Å²) in [6, 6.07) is 0.471. The summed E-state index contributed by atoms with van der Waals surface area (Å²) < 4.78 is 5.18. The highest BCUT2D eigenvalue weighted by atomic mass is 16.4. The first-order valence-electron chi connectivity index (χ1n) is 4.52. The molecule has 0 saturated carbocycles. The van der Waals surface area contributed by atoms with Crippen LogP contribution in [0.3, 0.4) is 0 Å². The van der Waals surface area contributed by atoms with E-state index >= 15 is 0 Å². The zero-order chi connectivity index (χ0) is 9.10. The quantitative estimate of drug-likeness (QED) is 0.698. The van der Waals surface area contributed by atoms with Crippen LogP contribution >= 0.6 is 0 Å². The van der Waals surface area contributed by atoms with Gasteiger partial charge in [0.05, 0.1) is 6.20 Å². The number of nitrogens with zero attached hydrogens (tertiary/aromatic N) is 1. The van der Waals surface area contributed by atoms with Gasteiger partial charge in [-0.25, -0.2) is 4.98 Å². The molecule has 1 N–H and O–H groups in total. The summed E-state index contributed by atoms with van der Waals surface area (Å²) in [5.74, 6) is 0.967. The van der Waals surface area contributed by atoms with E-state index in [9.17, 15) is 4.79 Å². The van der Waals surface area contributed by atoms with Gasteiger partial charge in [0.2, 0.25) is 0 Å². The van der Waals surface area contributed by atoms with Crippen molar-refractivity contribution in [3.8, 4) is 0 Å². The number of aromatic nitrogens is 1. The highest BCUT2D eigenvalue weighted by Gasteiger charge is 2.16. The Balaban J connectivity index is 1.96. The molecular weight excluding hydrogens is 168 g/mol. The summed E-state index contributed by atoms with van der Waals surface area (Å²) >= 11 is 0. The first-order chi connectivity index (χ1) is 6.38. The lowest BCUT2D eigenvalue weighted by atomic mass is 10.2. The molecule has 2 heterocycles. The second-order valence-corrected chi connectivity index (χ2v) is 3.27. The summed E-state index contributed by atoms with van der Waals surface area (Å²) in [6.45, 7) is 1.08. The Kier molecular flexibility index (Phi) is 2.40. The van der Waals surface area contributed by atoms with Crippen LogP contribution in [0.1, 0.15) is 29.3 Å². The topological polar surface area (TPSA) is 55.1 Å². The molecule has 1 atom stereocenters. The number of carbonyl (C=O) groups excluding carboxylic acids is 1. The summed E-state index contributed by atoms with van der Waals surface area (Å²) in [5, 5.41) is 3.34. The molecule has 1 aromatic rings. The lowest BCUT2D eigenvalue weighted by molar-refractivity contribution is 0.109. The van der Waals surface area contributed by atoms with Gasteiger partial charge in [-0.2, -0.15) is 0 Å². The van der Waals surface area contributed by atoms with Crippen LogP contribution in [0.15, 0.2) is 10.6 Å². The van der Waals surface area contributed by atoms with Crippen molar-refractivity contribution in [1.29, 1.82) is 0 Å². The number of aldehydes is 1. The molecule has 1 fully saturated rings. The summed E-state index contributed by atoms with van der Waals surface area (Å²) in [6.07, 6.45) is 5.31. The van der Waals surface area contributed by atoms with Crippen molar-refractivity contribution >= 4 is 6.29 Å². The average Bonchev–Trinajstić information content (AvgIpc) is 2.76. The zero-order valence-corrected chi connectivity index (χ0v) is 7.32. The van der Waals surface area contributed by atoms with Crippen LogP contribution in [0.4, 0.5) is 0 Å². The average molecular weight is 180 g/mol. The lowest BCUT2D eigenvalue weighted by Gasteiger charge is -2.05. The van der Waals surface area contributed by atoms with Gasteiger partial charge in [0.25, 0.3) is 0 Å². The first kappa shape index (κ1) is 8.44. The number of nitrogens with one attached hydrogen (secondary N) is 1. The molecule has 0 aromatic carbocycles. The number of carbonyl (C=O) groups is 1. The first-order valence-corrected chi connectivity index (χ1v) is 4.52. The van der Waals surface area contributed by atoms with Crippen LogP contribution in [0.5, 0.6) is 0 Å². The van der Waals surface area contributed by atoms with Gasteiger partial charge in [0.1, 0.15) is 0 Å². The van der Waals surface area contributed by atoms with E-state index in [1.807, 2.05) is 0 Å². The van der Waals surface area contributed by atoms with Crippen LogP contribution in [0.2, 0.25) is 0 Å². The smallest absolute Gasteiger partial charge is 0.196 e. The van der Waals surface area contributed by atoms with Crippen LogP contribution in [0, 0.1) is 0 Å². The normalized spacial score (nSPS) is 22.0. The molecule has 13 heavy (non-hydrogen) atoms. The van der Waals surface area contributed by atoms with E-state index in [0.29, 0.717) is 24.0 Å². The Hall–Kier alpha value is -1.16. The van der Waals surface area contributed by atoms with Gasteiger partial charge < -0.3 is 9.73 Å². The fourth-order valence-electron chi connectivity index (χ4n) is 1.61. The third-order valence-electron chi connectivity index (χ3n) is 2.27. The fraction of sp³-hybridized carbons (Fsp3) is 0.556. The molecule has 2 rings (SSSR count). The monoisotopic (exact) mass is 180 g/mol. The predicted octanol–water partition coefficient (Wildman–Crippen LogP) is 0.782. The summed E-state index contributed by atoms with van der Waals surface area (Å²) in [4.78, 5) is 14.3. The van der Waals surface area contributed by atoms with E-state index in [1.165, 1.54) is 19.0 Å². The number of hydrogen-bond acceptors (Lipinski definition) is 4. The van der Waals surface area contributed by atoms with Crippen molar-refractivity contribution in [3.63, 3.8) is 0 Å². The summed E-state index contributed by atoms with van der Waals surface area (Å²) in [5.41, 5.74) is 0. The Morgan fingerprint density at radius 2 is 2.69 bits per heavy atom. The zero-order valence-electron chi connectivity index (χ0n) is 7.32. The van der Waals surface area contributed by atoms with Crippen molar-refractivity contribution in [1.82, 2.24) is 10.3 Å². The molecule has 0 aliphatic carbocycles. The minimum absolute atomic E-state index is 0.313. The maximum Gasteiger partial charge on any atom is 0.196 e. The molecule has 1 unspecified atom stereocenters. The van der Waals surface area contributed by atoms with Crippen LogP contribution in [-0.4, -0.2) is 23.9 Å². The Labute approximate surface area is 76.3 Å². The minimum atomic E-state index is 0.313. The Morgan fingerprint density at radius 1 is 1.77 bits per heavy atom. The highest BCUT2D eigenvalue weighted by molar-refractivity contribution is 5.69. The van der Waals surface area contributed by atoms with Gasteiger partial charge in [0, 0.05) is 12.5 Å². The maximum absolute atomic E-state index is 10.3. The summed E-state index contributed by atoms with van der Waals surface area (Å²) in [7, 11) is 0. The Morgan fingerprint density at radius 3 is 3.31 bits per heavy atom. The molecule has 1 aliphatic rings. The molecule has 1 saturated heterocycles. The van der Waals surface area contributed by atoms with Crippen molar-refractivity contribution < 1.29 is 9.21 Å². The lowest BCUT2D eigenvalue weighted by Crippen LogP contribution is -2.23. The van der Waals surface area contributed by atoms with Crippen molar-refractivity contribution in [3.05, 3.63) is 17.8 Å². The van der Waals surface area contributed by atoms with Crippen LogP contribution < -0.4 is 5.32 Å². The molecule has 0 bridgehead atoms. The van der Waals surface area contributed by atoms with E-state index in [0.717, 1.165) is 13.0 Å². The van der Waals surface area contributed by atoms with Crippen LogP contribution in [0.25, 0.3) is 0 Å². The maximum atomic E-state index is 10.3. The van der Waals surface area contributed by atoms with E-state index in [2.05, 4.69) is 10.3 Å². The van der Waals surface area contributed by atoms with E-state index < -0.39 is 0 Å². The van der Waals surface area contributed by atoms with Crippen molar-refractivity contribution in [2.75, 3.05) is 6.54 Å². The molecule has 1 aromatic heterocycles. The minimum Gasteiger partial charge on any atom is -0.438 e. The van der Waals surface area contributed by atoms with Gasteiger partial charge >= 0.3 is 0 Å². The fourth-order valence-corrected chi connectivity index (χ4v) is 1.61. The second-order valence-electron chi connectivity index (χ2n) is 3.27. The standard InChI is InChI=1S/C9H12N2O2/c12-6-8-5-11-9(13-8)4-7-2-1-3-10-7/h5-7,10H,1-4H2.